The molecule has 0 bridgehead atoms. The molecule has 2 amide bonds. The van der Waals surface area contributed by atoms with Gasteiger partial charge in [-0.25, -0.2) is 4.79 Å². The lowest BCUT2D eigenvalue weighted by Gasteiger charge is -2.10. The van der Waals surface area contributed by atoms with Gasteiger partial charge in [-0.1, -0.05) is 59.1 Å². The van der Waals surface area contributed by atoms with Gasteiger partial charge in [-0.2, -0.15) is 9.78 Å². The molecule has 188 valence electrons. The number of amides is 2. The number of hydrogen-bond donors (Lipinski definition) is 3. The molecule has 3 aromatic carbocycles. The fourth-order valence-electron chi connectivity index (χ4n) is 4.16. The Morgan fingerprint density at radius 1 is 1.03 bits per heavy atom. The molecule has 1 aliphatic rings. The van der Waals surface area contributed by atoms with E-state index in [1.165, 1.54) is 10.7 Å². The van der Waals surface area contributed by atoms with E-state index >= 15 is 0 Å². The summed E-state index contributed by atoms with van der Waals surface area (Å²) >= 11 is 12.3. The third-order valence-corrected chi connectivity index (χ3v) is 6.80. The monoisotopic (exact) mass is 534 g/mol. The van der Waals surface area contributed by atoms with Gasteiger partial charge < -0.3 is 15.7 Å². The highest BCUT2D eigenvalue weighted by molar-refractivity contribution is 6.40. The van der Waals surface area contributed by atoms with Gasteiger partial charge in [-0.3, -0.25) is 4.79 Å². The summed E-state index contributed by atoms with van der Waals surface area (Å²) < 4.78 is 1.37. The van der Waals surface area contributed by atoms with Gasteiger partial charge in [-0.05, 0) is 61.7 Å². The van der Waals surface area contributed by atoms with Crippen molar-refractivity contribution in [1.82, 2.24) is 15.1 Å². The second-order valence-corrected chi connectivity index (χ2v) is 9.89. The molecule has 0 spiro atoms. The van der Waals surface area contributed by atoms with Crippen LogP contribution in [0, 0.1) is 6.92 Å². The summed E-state index contributed by atoms with van der Waals surface area (Å²) in [6, 6.07) is 18.9. The largest absolute Gasteiger partial charge is 0.507 e. The fourth-order valence-corrected chi connectivity index (χ4v) is 4.73. The molecule has 7 nitrogen and oxygen atoms in total. The van der Waals surface area contributed by atoms with E-state index in [1.54, 1.807) is 30.3 Å². The van der Waals surface area contributed by atoms with Crippen molar-refractivity contribution in [2.24, 2.45) is 0 Å². The van der Waals surface area contributed by atoms with Crippen LogP contribution in [0.25, 0.3) is 11.3 Å². The molecule has 1 fully saturated rings. The van der Waals surface area contributed by atoms with Crippen molar-refractivity contribution in [3.8, 4) is 17.0 Å². The summed E-state index contributed by atoms with van der Waals surface area (Å²) in [5.41, 5.74) is 4.28. The van der Waals surface area contributed by atoms with E-state index in [4.69, 9.17) is 23.2 Å². The quantitative estimate of drug-likeness (QED) is 0.238. The van der Waals surface area contributed by atoms with E-state index in [-0.39, 0.29) is 33.3 Å². The minimum Gasteiger partial charge on any atom is -0.507 e. The first-order valence-electron chi connectivity index (χ1n) is 11.8. The van der Waals surface area contributed by atoms with Crippen molar-refractivity contribution in [2.45, 2.75) is 32.2 Å². The first kappa shape index (κ1) is 24.9. The van der Waals surface area contributed by atoms with Crippen LogP contribution in [0.1, 0.15) is 45.9 Å². The van der Waals surface area contributed by atoms with Gasteiger partial charge in [0.05, 0.1) is 27.0 Å². The van der Waals surface area contributed by atoms with Gasteiger partial charge in [0, 0.05) is 23.7 Å². The molecule has 1 aromatic heterocycles. The molecule has 1 heterocycles. The van der Waals surface area contributed by atoms with Crippen LogP contribution in [0.3, 0.4) is 0 Å². The molecule has 5 rings (SSSR count). The standard InChI is InChI=1S/C28H24Cl2N4O3/c1-16-4-2-5-17(12-16)15-31-28(37)34-24(18-8-9-18)14-23(33-34)20-13-19(10-11-25(20)35)32-27(36)26-21(29)6-3-7-22(26)30/h2-7,10-14,18,35H,8-9,15H2,1H3,(H,31,37)(H,32,36). The topological polar surface area (TPSA) is 96.3 Å². The Morgan fingerprint density at radius 3 is 2.46 bits per heavy atom. The molecular weight excluding hydrogens is 511 g/mol. The number of hydrogen-bond acceptors (Lipinski definition) is 4. The maximum atomic E-state index is 13.1. The van der Waals surface area contributed by atoms with Crippen molar-refractivity contribution in [2.75, 3.05) is 5.32 Å². The molecule has 1 aliphatic carbocycles. The van der Waals surface area contributed by atoms with Gasteiger partial charge in [0.15, 0.2) is 0 Å². The molecule has 9 heteroatoms. The van der Waals surface area contributed by atoms with Gasteiger partial charge in [0.2, 0.25) is 0 Å². The number of rotatable bonds is 6. The lowest BCUT2D eigenvalue weighted by atomic mass is 10.1. The molecule has 4 aromatic rings. The van der Waals surface area contributed by atoms with Crippen LogP contribution < -0.4 is 10.6 Å². The normalized spacial score (nSPS) is 12.8. The van der Waals surface area contributed by atoms with Crippen molar-refractivity contribution in [3.05, 3.63) is 99.2 Å². The maximum Gasteiger partial charge on any atom is 0.342 e. The Labute approximate surface area is 224 Å². The predicted molar refractivity (Wildman–Crippen MR) is 145 cm³/mol. The molecule has 0 atom stereocenters. The second-order valence-electron chi connectivity index (χ2n) is 9.07. The fraction of sp³-hybridized carbons (Fsp3) is 0.179. The number of aromatic nitrogens is 2. The zero-order valence-electron chi connectivity index (χ0n) is 20.0. The molecule has 0 saturated heterocycles. The average Bonchev–Trinajstić information content (AvgIpc) is 3.62. The number of carbonyl (C=O) groups excluding carboxylic acids is 2. The molecular formula is C28H24Cl2N4O3. The van der Waals surface area contributed by atoms with Gasteiger partial charge in [0.1, 0.15) is 5.75 Å². The van der Waals surface area contributed by atoms with Gasteiger partial charge >= 0.3 is 6.03 Å². The van der Waals surface area contributed by atoms with Crippen LogP contribution in [0.4, 0.5) is 10.5 Å². The number of phenolic OH excluding ortho intramolecular Hbond substituents is 1. The van der Waals surface area contributed by atoms with E-state index in [2.05, 4.69) is 15.7 Å². The van der Waals surface area contributed by atoms with E-state index in [0.29, 0.717) is 23.5 Å². The van der Waals surface area contributed by atoms with Crippen molar-refractivity contribution in [1.29, 1.82) is 0 Å². The highest BCUT2D eigenvalue weighted by atomic mass is 35.5. The van der Waals surface area contributed by atoms with Crippen LogP contribution in [-0.2, 0) is 6.54 Å². The summed E-state index contributed by atoms with van der Waals surface area (Å²) in [5, 5.41) is 21.3. The first-order chi connectivity index (χ1) is 17.8. The van der Waals surface area contributed by atoms with Crippen LogP contribution in [0.2, 0.25) is 10.0 Å². The number of halogens is 2. The molecule has 0 aliphatic heterocycles. The molecule has 1 saturated carbocycles. The summed E-state index contributed by atoms with van der Waals surface area (Å²) in [6.45, 7) is 2.37. The lowest BCUT2D eigenvalue weighted by molar-refractivity contribution is 0.102. The number of aromatic hydroxyl groups is 1. The van der Waals surface area contributed by atoms with E-state index in [9.17, 15) is 14.7 Å². The average molecular weight is 535 g/mol. The van der Waals surface area contributed by atoms with Crippen molar-refractivity contribution in [3.63, 3.8) is 0 Å². The summed E-state index contributed by atoms with van der Waals surface area (Å²) in [7, 11) is 0. The number of carbonyl (C=O) groups is 2. The Morgan fingerprint density at radius 2 is 1.76 bits per heavy atom. The van der Waals surface area contributed by atoms with Crippen molar-refractivity contribution < 1.29 is 14.7 Å². The highest BCUT2D eigenvalue weighted by Crippen LogP contribution is 2.42. The van der Waals surface area contributed by atoms with Crippen LogP contribution in [-0.4, -0.2) is 26.8 Å². The number of nitrogens with one attached hydrogen (secondary N) is 2. The predicted octanol–water partition coefficient (Wildman–Crippen LogP) is 6.76. The van der Waals surface area contributed by atoms with Gasteiger partial charge in [-0.15, -0.1) is 0 Å². The number of aryl methyl sites for hydroxylation is 1. The molecule has 3 N–H and O–H groups in total. The SMILES string of the molecule is Cc1cccc(CNC(=O)n2nc(-c3cc(NC(=O)c4c(Cl)cccc4Cl)ccc3O)cc2C2CC2)c1. The third kappa shape index (κ3) is 5.48. The smallest absolute Gasteiger partial charge is 0.342 e. The number of phenols is 1. The first-order valence-corrected chi connectivity index (χ1v) is 12.6. The summed E-state index contributed by atoms with van der Waals surface area (Å²) in [4.78, 5) is 25.9. The highest BCUT2D eigenvalue weighted by Gasteiger charge is 2.31. The zero-order chi connectivity index (χ0) is 26.1. The number of anilines is 1. The van der Waals surface area contributed by atoms with Crippen molar-refractivity contribution >= 4 is 40.8 Å². The Kier molecular flexibility index (Phi) is 6.91. The van der Waals surface area contributed by atoms with E-state index in [1.807, 2.05) is 37.3 Å². The van der Waals surface area contributed by atoms with Crippen LogP contribution in [0.5, 0.6) is 5.75 Å². The van der Waals surface area contributed by atoms with Crippen LogP contribution >= 0.6 is 23.2 Å². The third-order valence-electron chi connectivity index (χ3n) is 6.17. The Hall–Kier alpha value is -3.81. The lowest BCUT2D eigenvalue weighted by Crippen LogP contribution is -2.30. The minimum absolute atomic E-state index is 0.0269. The molecule has 0 unspecified atom stereocenters. The van der Waals surface area contributed by atoms with E-state index < -0.39 is 5.91 Å². The molecule has 0 radical (unpaired) electrons. The molecule has 37 heavy (non-hydrogen) atoms. The number of nitrogens with zero attached hydrogens (tertiary/aromatic N) is 2. The Bertz CT molecular complexity index is 1490. The minimum atomic E-state index is -0.480. The maximum absolute atomic E-state index is 13.1. The van der Waals surface area contributed by atoms with E-state index in [0.717, 1.165) is 29.7 Å². The Balaban J connectivity index is 1.40. The second kappa shape index (κ2) is 10.3. The zero-order valence-corrected chi connectivity index (χ0v) is 21.5. The van der Waals surface area contributed by atoms with Crippen LogP contribution in [0.15, 0.2) is 66.7 Å². The number of benzene rings is 3. The summed E-state index contributed by atoms with van der Waals surface area (Å²) in [5.74, 6) is -0.272. The van der Waals surface area contributed by atoms with Gasteiger partial charge in [0.25, 0.3) is 5.91 Å². The summed E-state index contributed by atoms with van der Waals surface area (Å²) in [6.07, 6.45) is 1.94.